The Hall–Kier alpha value is -4.12. The van der Waals surface area contributed by atoms with Crippen LogP contribution >= 0.6 is 0 Å². The van der Waals surface area contributed by atoms with Crippen molar-refractivity contribution in [2.75, 3.05) is 0 Å². The number of tetrazole rings is 1. The van der Waals surface area contributed by atoms with Crippen molar-refractivity contribution in [2.24, 2.45) is 0 Å². The quantitative estimate of drug-likeness (QED) is 0.388. The van der Waals surface area contributed by atoms with Gasteiger partial charge in [-0.25, -0.2) is 4.39 Å². The van der Waals surface area contributed by atoms with Crippen LogP contribution in [0, 0.1) is 5.82 Å². The van der Waals surface area contributed by atoms with Gasteiger partial charge in [0, 0.05) is 11.1 Å². The highest BCUT2D eigenvalue weighted by Gasteiger charge is 2.18. The van der Waals surface area contributed by atoms with Gasteiger partial charge in [-0.3, -0.25) is 0 Å². The summed E-state index contributed by atoms with van der Waals surface area (Å²) in [7, 11) is 0. The standard InChI is InChI=1S/C25H17FN4/c26-20-15-16-22(23(17-20)19-11-5-2-6-12-19)25-27-28-29-30(25)24-14-8-7-13-21(24)18-9-3-1-4-10-18/h1-17H. The molecular formula is C25H17FN4. The van der Waals surface area contributed by atoms with Crippen LogP contribution in [0.15, 0.2) is 103 Å². The lowest BCUT2D eigenvalue weighted by atomic mass is 9.98. The largest absolute Gasteiger partial charge is 0.207 e. The fraction of sp³-hybridized carbons (Fsp3) is 0. The SMILES string of the molecule is Fc1ccc(-c2nnnn2-c2ccccc2-c2ccccc2)c(-c2ccccc2)c1. The van der Waals surface area contributed by atoms with Crippen molar-refractivity contribution in [3.05, 3.63) is 109 Å². The Morgan fingerprint density at radius 1 is 0.600 bits per heavy atom. The molecule has 0 aliphatic heterocycles. The predicted octanol–water partition coefficient (Wildman–Crippen LogP) is 5.80. The molecule has 0 aliphatic rings. The van der Waals surface area contributed by atoms with Crippen LogP contribution in [0.2, 0.25) is 0 Å². The summed E-state index contributed by atoms with van der Waals surface area (Å²) < 4.78 is 15.8. The molecule has 0 N–H and O–H groups in total. The molecule has 144 valence electrons. The van der Waals surface area contributed by atoms with E-state index < -0.39 is 0 Å². The maximum absolute atomic E-state index is 14.1. The van der Waals surface area contributed by atoms with E-state index in [2.05, 4.69) is 27.7 Å². The summed E-state index contributed by atoms with van der Waals surface area (Å²) in [4.78, 5) is 0. The third-order valence-corrected chi connectivity index (χ3v) is 4.99. The maximum Gasteiger partial charge on any atom is 0.187 e. The van der Waals surface area contributed by atoms with Crippen molar-refractivity contribution in [1.82, 2.24) is 20.2 Å². The van der Waals surface area contributed by atoms with Crippen LogP contribution < -0.4 is 0 Å². The first-order valence-corrected chi connectivity index (χ1v) is 9.60. The fourth-order valence-corrected chi connectivity index (χ4v) is 3.61. The highest BCUT2D eigenvalue weighted by molar-refractivity contribution is 5.82. The molecule has 0 atom stereocenters. The molecule has 5 aromatic rings. The lowest BCUT2D eigenvalue weighted by molar-refractivity contribution is 0.628. The zero-order valence-electron chi connectivity index (χ0n) is 16.0. The highest BCUT2D eigenvalue weighted by atomic mass is 19.1. The van der Waals surface area contributed by atoms with Crippen LogP contribution in [-0.4, -0.2) is 20.2 Å². The van der Waals surface area contributed by atoms with Crippen LogP contribution in [-0.2, 0) is 0 Å². The second-order valence-corrected chi connectivity index (χ2v) is 6.85. The molecule has 0 aliphatic carbocycles. The van der Waals surface area contributed by atoms with Gasteiger partial charge in [0.15, 0.2) is 5.82 Å². The summed E-state index contributed by atoms with van der Waals surface area (Å²) in [5, 5.41) is 12.5. The van der Waals surface area contributed by atoms with Crippen molar-refractivity contribution < 1.29 is 4.39 Å². The molecule has 0 saturated heterocycles. The average Bonchev–Trinajstić information content (AvgIpc) is 3.30. The summed E-state index contributed by atoms with van der Waals surface area (Å²) in [6.45, 7) is 0. The molecule has 4 nitrogen and oxygen atoms in total. The minimum Gasteiger partial charge on any atom is -0.207 e. The third kappa shape index (κ3) is 3.26. The maximum atomic E-state index is 14.1. The number of aromatic nitrogens is 4. The Morgan fingerprint density at radius 2 is 1.23 bits per heavy atom. The average molecular weight is 392 g/mol. The molecule has 5 heteroatoms. The van der Waals surface area contributed by atoms with Crippen LogP contribution in [0.3, 0.4) is 0 Å². The Balaban J connectivity index is 1.71. The third-order valence-electron chi connectivity index (χ3n) is 4.99. The van der Waals surface area contributed by atoms with E-state index in [9.17, 15) is 4.39 Å². The number of benzene rings is 4. The van der Waals surface area contributed by atoms with Crippen molar-refractivity contribution in [2.45, 2.75) is 0 Å². The normalized spacial score (nSPS) is 10.8. The topological polar surface area (TPSA) is 43.6 Å². The molecule has 0 bridgehead atoms. The molecule has 0 fully saturated rings. The first-order valence-electron chi connectivity index (χ1n) is 9.60. The smallest absolute Gasteiger partial charge is 0.187 e. The Labute approximate surface area is 173 Å². The molecular weight excluding hydrogens is 375 g/mol. The minimum absolute atomic E-state index is 0.304. The van der Waals surface area contributed by atoms with Crippen molar-refractivity contribution >= 4 is 0 Å². The van der Waals surface area contributed by atoms with Gasteiger partial charge < -0.3 is 0 Å². The van der Waals surface area contributed by atoms with E-state index in [0.717, 1.165) is 33.5 Å². The highest BCUT2D eigenvalue weighted by Crippen LogP contribution is 2.34. The zero-order chi connectivity index (χ0) is 20.3. The molecule has 1 heterocycles. The molecule has 0 unspecified atom stereocenters. The molecule has 0 amide bonds. The molecule has 1 aromatic heterocycles. The van der Waals surface area contributed by atoms with Gasteiger partial charge in [-0.15, -0.1) is 5.10 Å². The second-order valence-electron chi connectivity index (χ2n) is 6.85. The van der Waals surface area contributed by atoms with E-state index in [0.29, 0.717) is 5.82 Å². The van der Waals surface area contributed by atoms with E-state index in [1.807, 2.05) is 72.8 Å². The second kappa shape index (κ2) is 7.72. The minimum atomic E-state index is -0.304. The van der Waals surface area contributed by atoms with Gasteiger partial charge in [0.2, 0.25) is 0 Å². The molecule has 0 radical (unpaired) electrons. The van der Waals surface area contributed by atoms with E-state index >= 15 is 0 Å². The summed E-state index contributed by atoms with van der Waals surface area (Å²) in [5.74, 6) is 0.249. The van der Waals surface area contributed by atoms with Crippen molar-refractivity contribution in [3.8, 4) is 39.3 Å². The fourth-order valence-electron chi connectivity index (χ4n) is 3.61. The van der Waals surface area contributed by atoms with E-state index in [1.54, 1.807) is 10.7 Å². The Morgan fingerprint density at radius 3 is 1.97 bits per heavy atom. The van der Waals surface area contributed by atoms with Gasteiger partial charge in [-0.05, 0) is 51.4 Å². The number of halogens is 1. The Kier molecular flexibility index (Phi) is 4.62. The first kappa shape index (κ1) is 17.9. The predicted molar refractivity (Wildman–Crippen MR) is 115 cm³/mol. The zero-order valence-corrected chi connectivity index (χ0v) is 16.0. The number of para-hydroxylation sites is 1. The molecule has 5 rings (SSSR count). The first-order chi connectivity index (χ1) is 14.8. The van der Waals surface area contributed by atoms with Gasteiger partial charge >= 0.3 is 0 Å². The summed E-state index contributed by atoms with van der Waals surface area (Å²) >= 11 is 0. The summed E-state index contributed by atoms with van der Waals surface area (Å²) in [6.07, 6.45) is 0. The van der Waals surface area contributed by atoms with Crippen LogP contribution in [0.4, 0.5) is 4.39 Å². The lowest BCUT2D eigenvalue weighted by Gasteiger charge is -2.13. The van der Waals surface area contributed by atoms with Gasteiger partial charge in [-0.2, -0.15) is 4.68 Å². The number of hydrogen-bond acceptors (Lipinski definition) is 3. The van der Waals surface area contributed by atoms with E-state index in [1.165, 1.54) is 12.1 Å². The van der Waals surface area contributed by atoms with Crippen LogP contribution in [0.25, 0.3) is 39.3 Å². The molecule has 0 spiro atoms. The number of hydrogen-bond donors (Lipinski definition) is 0. The number of rotatable bonds is 4. The van der Waals surface area contributed by atoms with Gasteiger partial charge in [-0.1, -0.05) is 78.9 Å². The molecule has 4 aromatic carbocycles. The Bertz CT molecular complexity index is 1300. The van der Waals surface area contributed by atoms with Crippen molar-refractivity contribution in [3.63, 3.8) is 0 Å². The van der Waals surface area contributed by atoms with Gasteiger partial charge in [0.25, 0.3) is 0 Å². The van der Waals surface area contributed by atoms with Gasteiger partial charge in [0.05, 0.1) is 5.69 Å². The van der Waals surface area contributed by atoms with Crippen LogP contribution in [0.1, 0.15) is 0 Å². The monoisotopic (exact) mass is 392 g/mol. The van der Waals surface area contributed by atoms with E-state index in [-0.39, 0.29) is 5.82 Å². The summed E-state index contributed by atoms with van der Waals surface area (Å²) in [5.41, 5.74) is 5.33. The summed E-state index contributed by atoms with van der Waals surface area (Å²) in [6, 6.07) is 32.4. The molecule has 30 heavy (non-hydrogen) atoms. The van der Waals surface area contributed by atoms with Gasteiger partial charge in [0.1, 0.15) is 5.82 Å². The number of nitrogens with zero attached hydrogens (tertiary/aromatic N) is 4. The van der Waals surface area contributed by atoms with Crippen LogP contribution in [0.5, 0.6) is 0 Å². The van der Waals surface area contributed by atoms with E-state index in [4.69, 9.17) is 0 Å². The lowest BCUT2D eigenvalue weighted by Crippen LogP contribution is -2.03. The van der Waals surface area contributed by atoms with Crippen molar-refractivity contribution in [1.29, 1.82) is 0 Å². The molecule has 0 saturated carbocycles.